The van der Waals surface area contributed by atoms with Crippen LogP contribution in [-0.2, 0) is 6.18 Å². The average Bonchev–Trinajstić information content (AvgIpc) is 2.76. The van der Waals surface area contributed by atoms with Crippen LogP contribution in [0.2, 0.25) is 0 Å². The van der Waals surface area contributed by atoms with Crippen LogP contribution >= 0.6 is 0 Å². The summed E-state index contributed by atoms with van der Waals surface area (Å²) in [6, 6.07) is 5.68. The summed E-state index contributed by atoms with van der Waals surface area (Å²) in [7, 11) is 0. The smallest absolute Gasteiger partial charge is 0.316 e. The van der Waals surface area contributed by atoms with E-state index in [1.165, 1.54) is 12.1 Å². The minimum Gasteiger partial charge on any atom is -0.316 e. The van der Waals surface area contributed by atoms with Gasteiger partial charge in [0.05, 0.1) is 5.56 Å². The lowest BCUT2D eigenvalue weighted by molar-refractivity contribution is -0.137. The molecule has 1 aliphatic carbocycles. The first-order chi connectivity index (χ1) is 8.01. The summed E-state index contributed by atoms with van der Waals surface area (Å²) in [6.07, 6.45) is -1.96. The number of nitrogens with one attached hydrogen (secondary N) is 1. The number of hydrogen-bond donors (Lipinski definition) is 1. The van der Waals surface area contributed by atoms with Gasteiger partial charge in [-0.05, 0) is 48.4 Å². The Hall–Kier alpha value is -1.03. The third-order valence-electron chi connectivity index (χ3n) is 4.11. The molecule has 1 nitrogen and oxygen atoms in total. The van der Waals surface area contributed by atoms with E-state index in [1.54, 1.807) is 12.1 Å². The van der Waals surface area contributed by atoms with Gasteiger partial charge in [-0.25, -0.2) is 0 Å². The van der Waals surface area contributed by atoms with Crippen LogP contribution in [-0.4, -0.2) is 13.1 Å². The van der Waals surface area contributed by atoms with Gasteiger partial charge in [-0.3, -0.25) is 0 Å². The molecule has 3 rings (SSSR count). The molecule has 1 N–H and O–H groups in total. The molecule has 1 heterocycles. The predicted molar refractivity (Wildman–Crippen MR) is 58.7 cm³/mol. The van der Waals surface area contributed by atoms with Crippen molar-refractivity contribution in [1.82, 2.24) is 5.32 Å². The van der Waals surface area contributed by atoms with Gasteiger partial charge in [0, 0.05) is 6.54 Å². The highest BCUT2D eigenvalue weighted by Crippen LogP contribution is 2.62. The molecule has 1 aromatic carbocycles. The molecule has 1 spiro atoms. The van der Waals surface area contributed by atoms with Crippen LogP contribution in [0.4, 0.5) is 13.2 Å². The van der Waals surface area contributed by atoms with Crippen LogP contribution in [0.15, 0.2) is 24.3 Å². The van der Waals surface area contributed by atoms with E-state index in [2.05, 4.69) is 5.32 Å². The Balaban J connectivity index is 1.78. The second kappa shape index (κ2) is 3.48. The molecular weight excluding hydrogens is 227 g/mol. The van der Waals surface area contributed by atoms with Gasteiger partial charge >= 0.3 is 6.18 Å². The Morgan fingerprint density at radius 1 is 1.18 bits per heavy atom. The average molecular weight is 241 g/mol. The van der Waals surface area contributed by atoms with Crippen molar-refractivity contribution in [2.24, 2.45) is 5.41 Å². The van der Waals surface area contributed by atoms with Gasteiger partial charge in [-0.15, -0.1) is 0 Å². The fraction of sp³-hybridized carbons (Fsp3) is 0.538. The summed E-state index contributed by atoms with van der Waals surface area (Å²) in [6.45, 7) is 2.05. The molecule has 17 heavy (non-hydrogen) atoms. The summed E-state index contributed by atoms with van der Waals surface area (Å²) in [4.78, 5) is 0. The first kappa shape index (κ1) is 11.1. The van der Waals surface area contributed by atoms with E-state index in [4.69, 9.17) is 0 Å². The Labute approximate surface area is 98.0 Å². The highest BCUT2D eigenvalue weighted by Gasteiger charge is 2.55. The number of hydrogen-bond acceptors (Lipinski definition) is 1. The molecule has 1 aromatic rings. The molecule has 1 aliphatic heterocycles. The van der Waals surface area contributed by atoms with Crippen molar-refractivity contribution in [3.63, 3.8) is 0 Å². The summed E-state index contributed by atoms with van der Waals surface area (Å²) < 4.78 is 37.3. The minimum absolute atomic E-state index is 0.347. The van der Waals surface area contributed by atoms with E-state index in [0.29, 0.717) is 11.3 Å². The van der Waals surface area contributed by atoms with Crippen LogP contribution in [0.25, 0.3) is 0 Å². The third kappa shape index (κ3) is 1.84. The molecule has 1 saturated carbocycles. The normalized spacial score (nSPS) is 32.1. The first-order valence-corrected chi connectivity index (χ1v) is 5.89. The molecule has 4 heteroatoms. The van der Waals surface area contributed by atoms with Crippen LogP contribution in [0.5, 0.6) is 0 Å². The molecule has 0 bridgehead atoms. The molecule has 2 atom stereocenters. The van der Waals surface area contributed by atoms with Gasteiger partial charge in [0.1, 0.15) is 0 Å². The Bertz CT molecular complexity index is 415. The molecule has 0 radical (unpaired) electrons. The molecule has 0 aromatic heterocycles. The fourth-order valence-electron chi connectivity index (χ4n) is 2.96. The quantitative estimate of drug-likeness (QED) is 0.796. The Kier molecular flexibility index (Phi) is 2.27. The van der Waals surface area contributed by atoms with E-state index < -0.39 is 11.7 Å². The zero-order chi connectivity index (χ0) is 12.1. The third-order valence-corrected chi connectivity index (χ3v) is 4.11. The topological polar surface area (TPSA) is 12.0 Å². The maximum atomic E-state index is 12.4. The maximum Gasteiger partial charge on any atom is 0.416 e. The van der Waals surface area contributed by atoms with Crippen molar-refractivity contribution < 1.29 is 13.2 Å². The lowest BCUT2D eigenvalue weighted by Crippen LogP contribution is -2.10. The van der Waals surface area contributed by atoms with Gasteiger partial charge in [0.2, 0.25) is 0 Å². The molecule has 0 amide bonds. The summed E-state index contributed by atoms with van der Waals surface area (Å²) in [5, 5.41) is 3.33. The second-order valence-electron chi connectivity index (χ2n) is 5.17. The molecule has 1 unspecified atom stereocenters. The van der Waals surface area contributed by atoms with Crippen molar-refractivity contribution in [2.45, 2.75) is 24.9 Å². The molecule has 2 aliphatic rings. The number of alkyl halides is 3. The van der Waals surface area contributed by atoms with E-state index in [-0.39, 0.29) is 0 Å². The standard InChI is InChI=1S/C13H14F3N/c14-13(15,16)10-3-1-9(2-4-10)11-7-12(11)5-6-17-8-12/h1-4,11,17H,5-8H2/t11?,12-/m0/s1. The van der Waals surface area contributed by atoms with Crippen molar-refractivity contribution in [1.29, 1.82) is 0 Å². The van der Waals surface area contributed by atoms with E-state index in [0.717, 1.165) is 31.5 Å². The number of halogens is 3. The Morgan fingerprint density at radius 2 is 1.88 bits per heavy atom. The Morgan fingerprint density at radius 3 is 2.41 bits per heavy atom. The van der Waals surface area contributed by atoms with Crippen LogP contribution in [0.3, 0.4) is 0 Å². The maximum absolute atomic E-state index is 12.4. The van der Waals surface area contributed by atoms with Crippen LogP contribution < -0.4 is 5.32 Å². The van der Waals surface area contributed by atoms with E-state index >= 15 is 0 Å². The summed E-state index contributed by atoms with van der Waals surface area (Å²) in [5.41, 5.74) is 0.849. The van der Waals surface area contributed by atoms with Gasteiger partial charge in [-0.1, -0.05) is 12.1 Å². The van der Waals surface area contributed by atoms with Crippen molar-refractivity contribution in [3.05, 3.63) is 35.4 Å². The number of rotatable bonds is 1. The van der Waals surface area contributed by atoms with Crippen molar-refractivity contribution in [3.8, 4) is 0 Å². The van der Waals surface area contributed by atoms with Crippen molar-refractivity contribution in [2.75, 3.05) is 13.1 Å². The van der Waals surface area contributed by atoms with E-state index in [9.17, 15) is 13.2 Å². The highest BCUT2D eigenvalue weighted by molar-refractivity contribution is 5.34. The fourth-order valence-corrected chi connectivity index (χ4v) is 2.96. The number of benzene rings is 1. The zero-order valence-electron chi connectivity index (χ0n) is 9.35. The van der Waals surface area contributed by atoms with Gasteiger partial charge in [-0.2, -0.15) is 13.2 Å². The largest absolute Gasteiger partial charge is 0.416 e. The monoisotopic (exact) mass is 241 g/mol. The van der Waals surface area contributed by atoms with Gasteiger partial charge in [0.25, 0.3) is 0 Å². The predicted octanol–water partition coefficient (Wildman–Crippen LogP) is 3.17. The minimum atomic E-state index is -4.23. The van der Waals surface area contributed by atoms with E-state index in [1.807, 2.05) is 0 Å². The van der Waals surface area contributed by atoms with Gasteiger partial charge < -0.3 is 5.32 Å². The SMILES string of the molecule is FC(F)(F)c1ccc(C2C[C@]23CCNC3)cc1. The summed E-state index contributed by atoms with van der Waals surface area (Å²) in [5.74, 6) is 0.458. The first-order valence-electron chi connectivity index (χ1n) is 5.89. The van der Waals surface area contributed by atoms with Gasteiger partial charge in [0.15, 0.2) is 0 Å². The molecule has 2 fully saturated rings. The lowest BCUT2D eigenvalue weighted by atomic mass is 9.97. The van der Waals surface area contributed by atoms with Crippen molar-refractivity contribution >= 4 is 0 Å². The molecule has 1 saturated heterocycles. The highest BCUT2D eigenvalue weighted by atomic mass is 19.4. The summed E-state index contributed by atoms with van der Waals surface area (Å²) >= 11 is 0. The van der Waals surface area contributed by atoms with Crippen LogP contribution in [0.1, 0.15) is 29.9 Å². The van der Waals surface area contributed by atoms with Crippen LogP contribution in [0, 0.1) is 5.41 Å². The molecule has 92 valence electrons. The lowest BCUT2D eigenvalue weighted by Gasteiger charge is -2.10. The molecular formula is C13H14F3N. The second-order valence-corrected chi connectivity index (χ2v) is 5.17. The zero-order valence-corrected chi connectivity index (χ0v) is 9.35.